The standard InChI is InChI=1S/C8H8O2/c1-2-4-7(3-1)8-9-5-6-10-8/h1-3,8H,5-6H2. The van der Waals surface area contributed by atoms with E-state index >= 15 is 0 Å². The summed E-state index contributed by atoms with van der Waals surface area (Å²) in [6, 6.07) is 0. The van der Waals surface area contributed by atoms with E-state index in [1.54, 1.807) is 0 Å². The molecule has 10 heavy (non-hydrogen) atoms. The van der Waals surface area contributed by atoms with Gasteiger partial charge in [-0.3, -0.25) is 0 Å². The Labute approximate surface area is 59.4 Å². The molecular weight excluding hydrogens is 128 g/mol. The molecule has 1 saturated heterocycles. The average Bonchev–Trinajstić information content (AvgIpc) is 2.59. The molecule has 1 aliphatic carbocycles. The minimum Gasteiger partial charge on any atom is -0.345 e. The maximum absolute atomic E-state index is 5.24. The summed E-state index contributed by atoms with van der Waals surface area (Å²) in [5, 5.41) is 0. The van der Waals surface area contributed by atoms with Crippen LogP contribution in [0.5, 0.6) is 0 Å². The number of hydrogen-bond acceptors (Lipinski definition) is 2. The molecule has 1 heterocycles. The molecule has 0 amide bonds. The van der Waals surface area contributed by atoms with Gasteiger partial charge in [-0.15, -0.1) is 5.73 Å². The molecule has 2 heteroatoms. The fourth-order valence-corrected chi connectivity index (χ4v) is 1.03. The van der Waals surface area contributed by atoms with E-state index in [0.29, 0.717) is 13.2 Å². The number of ether oxygens (including phenoxy) is 2. The van der Waals surface area contributed by atoms with Crippen molar-refractivity contribution in [1.82, 2.24) is 0 Å². The molecule has 2 rings (SSSR count). The fraction of sp³-hybridized carbons (Fsp3) is 0.375. The van der Waals surface area contributed by atoms with E-state index in [1.165, 1.54) is 0 Å². The molecule has 0 aromatic heterocycles. The fourth-order valence-electron chi connectivity index (χ4n) is 1.03. The van der Waals surface area contributed by atoms with E-state index in [-0.39, 0.29) is 6.29 Å². The van der Waals surface area contributed by atoms with Crippen LogP contribution in [0, 0.1) is 0 Å². The van der Waals surface area contributed by atoms with Gasteiger partial charge in [-0.1, -0.05) is 6.08 Å². The van der Waals surface area contributed by atoms with Crippen LogP contribution >= 0.6 is 0 Å². The Balaban J connectivity index is 2.11. The second-order valence-corrected chi connectivity index (χ2v) is 2.20. The molecular formula is C8H8O2. The highest BCUT2D eigenvalue weighted by molar-refractivity contribution is 5.30. The molecule has 0 saturated carbocycles. The Morgan fingerprint density at radius 3 is 2.80 bits per heavy atom. The molecule has 2 aliphatic rings. The van der Waals surface area contributed by atoms with Gasteiger partial charge in [0.2, 0.25) is 0 Å². The predicted octanol–water partition coefficient (Wildman–Crippen LogP) is 1.01. The summed E-state index contributed by atoms with van der Waals surface area (Å²) < 4.78 is 10.5. The highest BCUT2D eigenvalue weighted by Gasteiger charge is 2.19. The lowest BCUT2D eigenvalue weighted by molar-refractivity contribution is -0.00800. The zero-order valence-corrected chi connectivity index (χ0v) is 5.54. The van der Waals surface area contributed by atoms with E-state index in [2.05, 4.69) is 5.73 Å². The van der Waals surface area contributed by atoms with Crippen molar-refractivity contribution in [2.75, 3.05) is 13.2 Å². The third-order valence-electron chi connectivity index (χ3n) is 1.50. The smallest absolute Gasteiger partial charge is 0.191 e. The molecule has 0 aromatic carbocycles. The lowest BCUT2D eigenvalue weighted by Gasteiger charge is -2.05. The third kappa shape index (κ3) is 0.929. The summed E-state index contributed by atoms with van der Waals surface area (Å²) >= 11 is 0. The molecule has 1 fully saturated rings. The van der Waals surface area contributed by atoms with Crippen LogP contribution in [0.15, 0.2) is 29.5 Å². The van der Waals surface area contributed by atoms with Gasteiger partial charge in [-0.25, -0.2) is 0 Å². The minimum atomic E-state index is -0.157. The summed E-state index contributed by atoms with van der Waals surface area (Å²) in [5.41, 5.74) is 4.03. The Morgan fingerprint density at radius 2 is 2.20 bits per heavy atom. The Bertz CT molecular complexity index is 215. The summed E-state index contributed by atoms with van der Waals surface area (Å²) in [5.74, 6) is 0. The van der Waals surface area contributed by atoms with Crippen molar-refractivity contribution in [1.29, 1.82) is 0 Å². The van der Waals surface area contributed by atoms with Gasteiger partial charge >= 0.3 is 0 Å². The molecule has 52 valence electrons. The third-order valence-corrected chi connectivity index (χ3v) is 1.50. The van der Waals surface area contributed by atoms with Gasteiger partial charge in [-0.05, 0) is 12.2 Å². The Morgan fingerprint density at radius 1 is 1.40 bits per heavy atom. The SMILES string of the molecule is C1=CC=CC=1C1OCCO1. The molecule has 0 bridgehead atoms. The van der Waals surface area contributed by atoms with Crippen LogP contribution < -0.4 is 0 Å². The van der Waals surface area contributed by atoms with Gasteiger partial charge < -0.3 is 9.47 Å². The second kappa shape index (κ2) is 2.43. The van der Waals surface area contributed by atoms with Gasteiger partial charge in [0, 0.05) is 5.57 Å². The van der Waals surface area contributed by atoms with Gasteiger partial charge in [0.05, 0.1) is 13.2 Å². The van der Waals surface area contributed by atoms with Crippen LogP contribution in [0.1, 0.15) is 0 Å². The Kier molecular flexibility index (Phi) is 1.44. The van der Waals surface area contributed by atoms with Gasteiger partial charge in [0.25, 0.3) is 0 Å². The first-order valence-electron chi connectivity index (χ1n) is 3.33. The minimum absolute atomic E-state index is 0.157. The zero-order chi connectivity index (χ0) is 6.81. The van der Waals surface area contributed by atoms with Gasteiger partial charge in [0.15, 0.2) is 6.29 Å². The van der Waals surface area contributed by atoms with Crippen molar-refractivity contribution in [2.45, 2.75) is 6.29 Å². The molecule has 0 atom stereocenters. The molecule has 2 nitrogen and oxygen atoms in total. The van der Waals surface area contributed by atoms with Crippen molar-refractivity contribution in [3.63, 3.8) is 0 Å². The van der Waals surface area contributed by atoms with Gasteiger partial charge in [0.1, 0.15) is 0 Å². The maximum atomic E-state index is 5.24. The van der Waals surface area contributed by atoms with Crippen molar-refractivity contribution >= 4 is 0 Å². The van der Waals surface area contributed by atoms with E-state index in [1.807, 2.05) is 18.2 Å². The number of rotatable bonds is 1. The molecule has 0 radical (unpaired) electrons. The quantitative estimate of drug-likeness (QED) is 0.501. The second-order valence-electron chi connectivity index (χ2n) is 2.20. The van der Waals surface area contributed by atoms with E-state index in [9.17, 15) is 0 Å². The first-order valence-corrected chi connectivity index (χ1v) is 3.33. The Hall–Kier alpha value is -0.820. The number of hydrogen-bond donors (Lipinski definition) is 0. The van der Waals surface area contributed by atoms with Crippen LogP contribution in [-0.4, -0.2) is 19.5 Å². The molecule has 0 aromatic rings. The predicted molar refractivity (Wildman–Crippen MR) is 36.4 cm³/mol. The molecule has 0 N–H and O–H groups in total. The summed E-state index contributed by atoms with van der Waals surface area (Å²) in [4.78, 5) is 0. The summed E-state index contributed by atoms with van der Waals surface area (Å²) in [7, 11) is 0. The maximum Gasteiger partial charge on any atom is 0.191 e. The molecule has 0 spiro atoms. The summed E-state index contributed by atoms with van der Waals surface area (Å²) in [6.07, 6.45) is 5.59. The van der Waals surface area contributed by atoms with Gasteiger partial charge in [-0.2, -0.15) is 0 Å². The van der Waals surface area contributed by atoms with Crippen LogP contribution in [0.2, 0.25) is 0 Å². The van der Waals surface area contributed by atoms with Crippen molar-refractivity contribution in [2.24, 2.45) is 0 Å². The highest BCUT2D eigenvalue weighted by Crippen LogP contribution is 2.16. The molecule has 1 aliphatic heterocycles. The van der Waals surface area contributed by atoms with E-state index in [0.717, 1.165) is 5.57 Å². The molecule has 0 unspecified atom stereocenters. The number of allylic oxidation sites excluding steroid dienone is 1. The topological polar surface area (TPSA) is 18.5 Å². The van der Waals surface area contributed by atoms with E-state index in [4.69, 9.17) is 9.47 Å². The normalized spacial score (nSPS) is 24.2. The zero-order valence-electron chi connectivity index (χ0n) is 5.54. The average molecular weight is 136 g/mol. The summed E-state index contributed by atoms with van der Waals surface area (Å²) in [6.45, 7) is 1.40. The van der Waals surface area contributed by atoms with Crippen molar-refractivity contribution in [3.05, 3.63) is 29.5 Å². The lowest BCUT2D eigenvalue weighted by Crippen LogP contribution is -2.07. The largest absolute Gasteiger partial charge is 0.345 e. The first-order chi connectivity index (χ1) is 4.97. The van der Waals surface area contributed by atoms with Crippen LogP contribution in [0.25, 0.3) is 0 Å². The lowest BCUT2D eigenvalue weighted by atomic mass is 10.3. The van der Waals surface area contributed by atoms with Crippen LogP contribution in [0.4, 0.5) is 0 Å². The van der Waals surface area contributed by atoms with Crippen LogP contribution in [0.3, 0.4) is 0 Å². The highest BCUT2D eigenvalue weighted by atomic mass is 16.7. The van der Waals surface area contributed by atoms with Crippen molar-refractivity contribution < 1.29 is 9.47 Å². The van der Waals surface area contributed by atoms with Crippen LogP contribution in [-0.2, 0) is 9.47 Å². The van der Waals surface area contributed by atoms with E-state index < -0.39 is 0 Å². The van der Waals surface area contributed by atoms with Crippen molar-refractivity contribution in [3.8, 4) is 0 Å². The monoisotopic (exact) mass is 136 g/mol. The first kappa shape index (κ1) is 5.93.